The highest BCUT2D eigenvalue weighted by Gasteiger charge is 2.32. The van der Waals surface area contributed by atoms with E-state index in [9.17, 15) is 18.4 Å². The quantitative estimate of drug-likeness (QED) is 0.416. The second kappa shape index (κ2) is 12.2. The van der Waals surface area contributed by atoms with Gasteiger partial charge < -0.3 is 25.2 Å². The number of imidazole rings is 1. The van der Waals surface area contributed by atoms with Gasteiger partial charge in [0.15, 0.2) is 5.82 Å². The van der Waals surface area contributed by atoms with Crippen molar-refractivity contribution in [1.82, 2.24) is 29.7 Å². The van der Waals surface area contributed by atoms with Gasteiger partial charge in [-0.3, -0.25) is 14.2 Å². The van der Waals surface area contributed by atoms with Crippen LogP contribution in [0.1, 0.15) is 51.3 Å². The molecule has 2 aromatic heterocycles. The summed E-state index contributed by atoms with van der Waals surface area (Å²) in [5.41, 5.74) is 1.01. The minimum absolute atomic E-state index is 0.0464. The van der Waals surface area contributed by atoms with Crippen molar-refractivity contribution >= 4 is 34.6 Å². The summed E-state index contributed by atoms with van der Waals surface area (Å²) in [7, 11) is 0. The van der Waals surface area contributed by atoms with E-state index in [1.807, 2.05) is 9.80 Å². The van der Waals surface area contributed by atoms with E-state index >= 15 is 0 Å². The maximum absolute atomic E-state index is 14.1. The number of alkyl halides is 2. The molecule has 2 saturated heterocycles. The second-order valence-electron chi connectivity index (χ2n) is 11.3. The van der Waals surface area contributed by atoms with E-state index in [2.05, 4.69) is 15.6 Å². The molecule has 224 valence electrons. The molecule has 2 aliphatic heterocycles. The Hall–Kier alpha value is -3.87. The number of amides is 2. The molecule has 6 rings (SSSR count). The highest BCUT2D eigenvalue weighted by atomic mass is 19.3. The average Bonchev–Trinajstić information content (AvgIpc) is 3.37. The molecule has 4 heterocycles. The predicted molar refractivity (Wildman–Crippen MR) is 153 cm³/mol. The molecular weight excluding hydrogens is 546 g/mol. The highest BCUT2D eigenvalue weighted by Crippen LogP contribution is 2.31. The Kier molecular flexibility index (Phi) is 8.18. The monoisotopic (exact) mass is 582 g/mol. The lowest BCUT2D eigenvalue weighted by Crippen LogP contribution is -2.50. The van der Waals surface area contributed by atoms with Crippen LogP contribution in [0.2, 0.25) is 0 Å². The van der Waals surface area contributed by atoms with Crippen molar-refractivity contribution < 1.29 is 23.1 Å². The molecule has 1 saturated carbocycles. The Morgan fingerprint density at radius 1 is 1.02 bits per heavy atom. The van der Waals surface area contributed by atoms with Crippen LogP contribution < -0.4 is 15.5 Å². The third kappa shape index (κ3) is 6.15. The summed E-state index contributed by atoms with van der Waals surface area (Å²) >= 11 is 0. The Bertz CT molecular complexity index is 1430. The number of morpholine rings is 1. The van der Waals surface area contributed by atoms with Crippen molar-refractivity contribution in [3.8, 4) is 5.82 Å². The Labute approximate surface area is 242 Å². The minimum Gasteiger partial charge on any atom is -0.378 e. The van der Waals surface area contributed by atoms with E-state index in [-0.39, 0.29) is 29.7 Å². The zero-order valence-corrected chi connectivity index (χ0v) is 23.6. The lowest BCUT2D eigenvalue weighted by Gasteiger charge is -2.37. The van der Waals surface area contributed by atoms with Crippen LogP contribution in [0.4, 0.5) is 20.5 Å². The number of aromatic nitrogens is 4. The first-order valence-corrected chi connectivity index (χ1v) is 14.6. The molecule has 0 atom stereocenters. The summed E-state index contributed by atoms with van der Waals surface area (Å²) in [5.74, 6) is 1.36. The molecule has 1 aromatic carbocycles. The summed E-state index contributed by atoms with van der Waals surface area (Å²) < 4.78 is 35.1. The normalized spacial score (nSPS) is 21.4. The maximum Gasteiger partial charge on any atom is 0.296 e. The minimum atomic E-state index is -2.78. The summed E-state index contributed by atoms with van der Waals surface area (Å²) in [6, 6.07) is 8.84. The van der Waals surface area contributed by atoms with Crippen LogP contribution in [0.3, 0.4) is 0 Å². The fraction of sp³-hybridized carbons (Fsp3) is 0.552. The van der Waals surface area contributed by atoms with Gasteiger partial charge in [0.05, 0.1) is 24.2 Å². The molecule has 2 amide bonds. The molecule has 42 heavy (non-hydrogen) atoms. The fourth-order valence-corrected chi connectivity index (χ4v) is 6.01. The van der Waals surface area contributed by atoms with E-state index in [0.717, 1.165) is 25.7 Å². The number of nitrogens with one attached hydrogen (secondary N) is 2. The van der Waals surface area contributed by atoms with Gasteiger partial charge in [-0.2, -0.15) is 9.97 Å². The molecule has 3 aliphatic rings. The van der Waals surface area contributed by atoms with Gasteiger partial charge >= 0.3 is 0 Å². The van der Waals surface area contributed by atoms with Crippen LogP contribution in [0, 0.1) is 5.92 Å². The highest BCUT2D eigenvalue weighted by molar-refractivity contribution is 5.78. The van der Waals surface area contributed by atoms with Gasteiger partial charge in [-0.15, -0.1) is 0 Å². The van der Waals surface area contributed by atoms with Crippen LogP contribution in [0.15, 0.2) is 30.3 Å². The Balaban J connectivity index is 1.14. The average molecular weight is 583 g/mol. The summed E-state index contributed by atoms with van der Waals surface area (Å²) in [6.07, 6.45) is 0.858. The molecule has 0 spiro atoms. The van der Waals surface area contributed by atoms with E-state index in [4.69, 9.17) is 14.7 Å². The standard InChI is InChI=1S/C29H36F2N8O3/c1-18(40)37-8-6-19(7-9-37)14-26(41)33-21-15-20(16-21)32-24-17-25(36-29(35-24)38-10-12-42-13-11-38)39-23-5-3-2-4-22(23)34-28(39)27(30)31/h2-5,17,19-21,27H,6-16H2,1H3,(H,33,41)(H,32,35,36). The van der Waals surface area contributed by atoms with Crippen LogP contribution in [-0.4, -0.2) is 87.7 Å². The lowest BCUT2D eigenvalue weighted by molar-refractivity contribution is -0.130. The van der Waals surface area contributed by atoms with Gasteiger partial charge in [0.1, 0.15) is 11.6 Å². The van der Waals surface area contributed by atoms with Crippen molar-refractivity contribution in [2.24, 2.45) is 5.92 Å². The first kappa shape index (κ1) is 28.3. The van der Waals surface area contributed by atoms with Crippen molar-refractivity contribution in [1.29, 1.82) is 0 Å². The molecule has 1 aliphatic carbocycles. The summed E-state index contributed by atoms with van der Waals surface area (Å²) in [4.78, 5) is 41.7. The number of halogens is 2. The maximum atomic E-state index is 14.1. The van der Waals surface area contributed by atoms with Crippen LogP contribution >= 0.6 is 0 Å². The number of piperidine rings is 1. The molecule has 0 bridgehead atoms. The SMILES string of the molecule is CC(=O)N1CCC(CC(=O)NC2CC(Nc3cc(-n4c(C(F)F)nc5ccccc54)nc(N4CCOCC4)n3)C2)CC1. The van der Waals surface area contributed by atoms with Crippen molar-refractivity contribution in [3.63, 3.8) is 0 Å². The number of fused-ring (bicyclic) bond motifs is 1. The molecule has 0 radical (unpaired) electrons. The number of ether oxygens (including phenoxy) is 1. The second-order valence-corrected chi connectivity index (χ2v) is 11.3. The number of hydrogen-bond acceptors (Lipinski definition) is 8. The topological polar surface area (TPSA) is 118 Å². The number of benzene rings is 1. The Morgan fingerprint density at radius 2 is 1.76 bits per heavy atom. The number of rotatable bonds is 8. The zero-order valence-electron chi connectivity index (χ0n) is 23.6. The summed E-state index contributed by atoms with van der Waals surface area (Å²) in [5, 5.41) is 6.58. The smallest absolute Gasteiger partial charge is 0.296 e. The van der Waals surface area contributed by atoms with Crippen LogP contribution in [0.25, 0.3) is 16.9 Å². The third-order valence-electron chi connectivity index (χ3n) is 8.39. The zero-order chi connectivity index (χ0) is 29.2. The lowest BCUT2D eigenvalue weighted by atomic mass is 9.86. The fourth-order valence-electron chi connectivity index (χ4n) is 6.01. The van der Waals surface area contributed by atoms with E-state index < -0.39 is 6.43 Å². The van der Waals surface area contributed by atoms with E-state index in [1.165, 1.54) is 4.57 Å². The van der Waals surface area contributed by atoms with Crippen LogP contribution in [-0.2, 0) is 14.3 Å². The van der Waals surface area contributed by atoms with Gasteiger partial charge in [0.2, 0.25) is 17.8 Å². The third-order valence-corrected chi connectivity index (χ3v) is 8.39. The molecule has 0 unspecified atom stereocenters. The number of para-hydroxylation sites is 2. The number of carbonyl (C=O) groups is 2. The molecule has 2 N–H and O–H groups in total. The number of likely N-dealkylation sites (tertiary alicyclic amines) is 1. The van der Waals surface area contributed by atoms with Gasteiger partial charge in [0.25, 0.3) is 6.43 Å². The van der Waals surface area contributed by atoms with E-state index in [1.54, 1.807) is 37.3 Å². The first-order valence-electron chi connectivity index (χ1n) is 14.6. The number of anilines is 2. The first-order chi connectivity index (χ1) is 20.3. The number of nitrogens with zero attached hydrogens (tertiary/aromatic N) is 6. The van der Waals surface area contributed by atoms with Gasteiger partial charge in [-0.05, 0) is 43.7 Å². The molecule has 13 heteroatoms. The molecule has 3 fully saturated rings. The van der Waals surface area contributed by atoms with E-state index in [0.29, 0.717) is 80.3 Å². The van der Waals surface area contributed by atoms with Gasteiger partial charge in [-0.25, -0.2) is 13.8 Å². The van der Waals surface area contributed by atoms with Crippen molar-refractivity contribution in [2.75, 3.05) is 49.6 Å². The Morgan fingerprint density at radius 3 is 2.48 bits per heavy atom. The van der Waals surface area contributed by atoms with Crippen molar-refractivity contribution in [2.45, 2.75) is 57.5 Å². The molecular formula is C29H36F2N8O3. The molecule has 11 nitrogen and oxygen atoms in total. The molecule has 3 aromatic rings. The number of hydrogen-bond donors (Lipinski definition) is 2. The van der Waals surface area contributed by atoms with Crippen molar-refractivity contribution in [3.05, 3.63) is 36.2 Å². The number of carbonyl (C=O) groups excluding carboxylic acids is 2. The van der Waals surface area contributed by atoms with Gasteiger partial charge in [0, 0.05) is 57.7 Å². The largest absolute Gasteiger partial charge is 0.378 e. The predicted octanol–water partition coefficient (Wildman–Crippen LogP) is 3.30. The van der Waals surface area contributed by atoms with Crippen LogP contribution in [0.5, 0.6) is 0 Å². The van der Waals surface area contributed by atoms with Gasteiger partial charge in [-0.1, -0.05) is 12.1 Å². The summed E-state index contributed by atoms with van der Waals surface area (Å²) in [6.45, 7) is 5.27.